The number of carboxylic acid groups (broad SMARTS) is 1. The van der Waals surface area contributed by atoms with E-state index < -0.39 is 32.5 Å². The fourth-order valence-corrected chi connectivity index (χ4v) is 4.36. The van der Waals surface area contributed by atoms with Gasteiger partial charge in [0.25, 0.3) is 10.0 Å². The third-order valence-corrected chi connectivity index (χ3v) is 5.95. The molecule has 0 aromatic heterocycles. The van der Waals surface area contributed by atoms with Crippen LogP contribution in [-0.4, -0.2) is 19.5 Å². The zero-order valence-electron chi connectivity index (χ0n) is 15.8. The number of carbonyl (C=O) groups is 1. The van der Waals surface area contributed by atoms with E-state index >= 15 is 0 Å². The van der Waals surface area contributed by atoms with Crippen LogP contribution in [0, 0.1) is 11.6 Å². The van der Waals surface area contributed by atoms with Crippen molar-refractivity contribution in [2.45, 2.75) is 24.2 Å². The van der Waals surface area contributed by atoms with E-state index in [1.807, 2.05) is 6.07 Å². The molecular weight excluding hydrogens is 412 g/mol. The minimum absolute atomic E-state index is 0.201. The van der Waals surface area contributed by atoms with E-state index in [1.54, 1.807) is 30.3 Å². The maximum absolute atomic E-state index is 13.9. The van der Waals surface area contributed by atoms with Gasteiger partial charge in [0.2, 0.25) is 0 Å². The van der Waals surface area contributed by atoms with Crippen molar-refractivity contribution in [1.29, 1.82) is 0 Å². The molecule has 5 nitrogen and oxygen atoms in total. The van der Waals surface area contributed by atoms with E-state index in [0.717, 1.165) is 23.8 Å². The van der Waals surface area contributed by atoms with Crippen LogP contribution in [0.1, 0.15) is 27.9 Å². The number of anilines is 1. The van der Waals surface area contributed by atoms with E-state index in [2.05, 4.69) is 4.72 Å². The monoisotopic (exact) mass is 431 g/mol. The first-order valence-electron chi connectivity index (χ1n) is 9.15. The molecule has 0 amide bonds. The zero-order valence-corrected chi connectivity index (χ0v) is 16.6. The number of nitrogens with one attached hydrogen (secondary N) is 1. The zero-order chi connectivity index (χ0) is 21.7. The molecule has 3 rings (SSSR count). The summed E-state index contributed by atoms with van der Waals surface area (Å²) in [5.74, 6) is -3.34. The van der Waals surface area contributed by atoms with Crippen LogP contribution in [0.5, 0.6) is 0 Å². The van der Waals surface area contributed by atoms with Crippen molar-refractivity contribution in [3.63, 3.8) is 0 Å². The first kappa shape index (κ1) is 21.4. The van der Waals surface area contributed by atoms with Gasteiger partial charge in [0.05, 0.1) is 11.3 Å². The van der Waals surface area contributed by atoms with Crippen molar-refractivity contribution in [1.82, 2.24) is 0 Å². The lowest BCUT2D eigenvalue weighted by Crippen LogP contribution is -2.17. The van der Waals surface area contributed by atoms with Crippen LogP contribution in [0.2, 0.25) is 0 Å². The van der Waals surface area contributed by atoms with Crippen molar-refractivity contribution >= 4 is 21.7 Å². The smallest absolute Gasteiger partial charge is 0.335 e. The number of carboxylic acids is 1. The molecule has 0 radical (unpaired) electrons. The molecule has 30 heavy (non-hydrogen) atoms. The lowest BCUT2D eigenvalue weighted by atomic mass is 10.0. The molecule has 0 saturated carbocycles. The normalized spacial score (nSPS) is 11.3. The van der Waals surface area contributed by atoms with Crippen LogP contribution in [-0.2, 0) is 22.9 Å². The van der Waals surface area contributed by atoms with Crippen LogP contribution in [0.3, 0.4) is 0 Å². The highest BCUT2D eigenvalue weighted by molar-refractivity contribution is 7.92. The molecule has 0 aliphatic rings. The Balaban J connectivity index is 1.75. The second-order valence-corrected chi connectivity index (χ2v) is 8.29. The van der Waals surface area contributed by atoms with Crippen molar-refractivity contribution in [2.24, 2.45) is 0 Å². The first-order valence-corrected chi connectivity index (χ1v) is 10.6. The second-order valence-electron chi connectivity index (χ2n) is 6.67. The van der Waals surface area contributed by atoms with Crippen LogP contribution in [0.15, 0.2) is 71.6 Å². The molecule has 8 heteroatoms. The van der Waals surface area contributed by atoms with Crippen LogP contribution in [0.25, 0.3) is 0 Å². The average molecular weight is 431 g/mol. The Morgan fingerprint density at radius 2 is 1.57 bits per heavy atom. The number of hydrogen-bond donors (Lipinski definition) is 2. The number of halogens is 2. The van der Waals surface area contributed by atoms with Gasteiger partial charge in [-0.1, -0.05) is 36.4 Å². The molecule has 3 aromatic rings. The number of aromatic carboxylic acids is 1. The van der Waals surface area contributed by atoms with Crippen molar-refractivity contribution < 1.29 is 27.1 Å². The Morgan fingerprint density at radius 3 is 2.27 bits per heavy atom. The van der Waals surface area contributed by atoms with Crippen LogP contribution >= 0.6 is 0 Å². The van der Waals surface area contributed by atoms with Gasteiger partial charge in [-0.3, -0.25) is 4.72 Å². The Bertz CT molecular complexity index is 1160. The quantitative estimate of drug-likeness (QED) is 0.544. The van der Waals surface area contributed by atoms with Gasteiger partial charge in [-0.15, -0.1) is 0 Å². The molecule has 156 valence electrons. The lowest BCUT2D eigenvalue weighted by Gasteiger charge is -2.13. The number of aryl methyl sites for hydroxylation is 2. The largest absolute Gasteiger partial charge is 0.478 e. The van der Waals surface area contributed by atoms with Crippen LogP contribution in [0.4, 0.5) is 14.5 Å². The van der Waals surface area contributed by atoms with Gasteiger partial charge in [-0.05, 0) is 60.7 Å². The van der Waals surface area contributed by atoms with E-state index in [9.17, 15) is 22.0 Å². The molecule has 0 fully saturated rings. The van der Waals surface area contributed by atoms with Gasteiger partial charge < -0.3 is 5.11 Å². The highest BCUT2D eigenvalue weighted by Crippen LogP contribution is 2.25. The highest BCUT2D eigenvalue weighted by atomic mass is 32.2. The number of benzene rings is 3. The third kappa shape index (κ3) is 5.01. The van der Waals surface area contributed by atoms with Crippen molar-refractivity contribution in [3.05, 3.63) is 95.1 Å². The summed E-state index contributed by atoms with van der Waals surface area (Å²) in [6, 6.07) is 16.1. The number of sulfonamides is 1. The summed E-state index contributed by atoms with van der Waals surface area (Å²) in [4.78, 5) is 10.0. The molecule has 0 aliphatic carbocycles. The topological polar surface area (TPSA) is 83.5 Å². The van der Waals surface area contributed by atoms with E-state index in [-0.39, 0.29) is 11.3 Å². The molecule has 0 saturated heterocycles. The number of para-hydroxylation sites is 1. The predicted octanol–water partition coefficient (Wildman–Crippen LogP) is 4.64. The van der Waals surface area contributed by atoms with Gasteiger partial charge in [0.15, 0.2) is 4.90 Å². The predicted molar refractivity (Wildman–Crippen MR) is 109 cm³/mol. The van der Waals surface area contributed by atoms with Gasteiger partial charge in [0, 0.05) is 0 Å². The summed E-state index contributed by atoms with van der Waals surface area (Å²) in [7, 11) is -4.45. The highest BCUT2D eigenvalue weighted by Gasteiger charge is 2.24. The fraction of sp³-hybridized carbons (Fsp3) is 0.136. The van der Waals surface area contributed by atoms with E-state index in [0.29, 0.717) is 24.8 Å². The summed E-state index contributed by atoms with van der Waals surface area (Å²) in [5, 5.41) is 9.07. The molecule has 0 aliphatic heterocycles. The molecular formula is C22H19F2NO4S. The maximum atomic E-state index is 13.9. The van der Waals surface area contributed by atoms with Gasteiger partial charge in [-0.25, -0.2) is 22.0 Å². The first-order chi connectivity index (χ1) is 14.3. The third-order valence-electron chi connectivity index (χ3n) is 4.53. The minimum atomic E-state index is -4.45. The van der Waals surface area contributed by atoms with E-state index in [4.69, 9.17) is 5.11 Å². The minimum Gasteiger partial charge on any atom is -0.478 e. The summed E-state index contributed by atoms with van der Waals surface area (Å²) in [5.41, 5.74) is 1.95. The summed E-state index contributed by atoms with van der Waals surface area (Å²) < 4.78 is 55.2. The summed E-state index contributed by atoms with van der Waals surface area (Å²) in [6.07, 6.45) is 1.69. The standard InChI is InChI=1S/C22H19F2NO4S/c23-18-11-5-12-19(24)21(18)30(28,29)25-20-13-2-1-8-16(20)9-3-6-15-7-4-10-17(14-15)22(26)27/h1-2,4-5,7-8,10-14,25H,3,6,9H2,(H,26,27). The Morgan fingerprint density at radius 1 is 0.900 bits per heavy atom. The van der Waals surface area contributed by atoms with Crippen LogP contribution < -0.4 is 4.72 Å². The molecule has 0 heterocycles. The number of rotatable bonds is 8. The molecule has 0 spiro atoms. The van der Waals surface area contributed by atoms with Crippen molar-refractivity contribution in [2.75, 3.05) is 4.72 Å². The Labute approximate surface area is 173 Å². The number of hydrogen-bond acceptors (Lipinski definition) is 3. The Hall–Kier alpha value is -3.26. The SMILES string of the molecule is O=C(O)c1cccc(CCCc2ccccc2NS(=O)(=O)c2c(F)cccc2F)c1. The molecule has 2 N–H and O–H groups in total. The Kier molecular flexibility index (Phi) is 6.47. The molecule has 0 bridgehead atoms. The van der Waals surface area contributed by atoms with Gasteiger partial charge in [-0.2, -0.15) is 0 Å². The average Bonchev–Trinajstić information content (AvgIpc) is 2.69. The maximum Gasteiger partial charge on any atom is 0.335 e. The van der Waals surface area contributed by atoms with E-state index in [1.165, 1.54) is 12.1 Å². The summed E-state index contributed by atoms with van der Waals surface area (Å²) >= 11 is 0. The fourth-order valence-electron chi connectivity index (χ4n) is 3.12. The summed E-state index contributed by atoms with van der Waals surface area (Å²) in [6.45, 7) is 0. The molecule has 0 unspecified atom stereocenters. The molecule has 3 aromatic carbocycles. The molecule has 0 atom stereocenters. The lowest BCUT2D eigenvalue weighted by molar-refractivity contribution is 0.0696. The van der Waals surface area contributed by atoms with Crippen molar-refractivity contribution in [3.8, 4) is 0 Å². The van der Waals surface area contributed by atoms with Gasteiger partial charge in [0.1, 0.15) is 11.6 Å². The van der Waals surface area contributed by atoms with Gasteiger partial charge >= 0.3 is 5.97 Å². The second kappa shape index (κ2) is 9.04.